The summed E-state index contributed by atoms with van der Waals surface area (Å²) in [6, 6.07) is 10.4. The number of aliphatic carboxylic acids is 4. The number of carboxylic acids is 4. The Hall–Kier alpha value is -14.4. The molecule has 12 aromatic rings. The molecule has 2 fully saturated rings. The fourth-order valence-corrected chi connectivity index (χ4v) is 14.7. The van der Waals surface area contributed by atoms with E-state index < -0.39 is 222 Å². The molecular weight excluding hydrogens is 1460 g/mol. The molecule has 566 valence electrons. The van der Waals surface area contributed by atoms with Gasteiger partial charge in [0.05, 0.1) is 70.4 Å². The van der Waals surface area contributed by atoms with Crippen molar-refractivity contribution in [1.82, 2.24) is 29.6 Å². The summed E-state index contributed by atoms with van der Waals surface area (Å²) >= 11 is 0. The lowest BCUT2D eigenvalue weighted by atomic mass is 9.91. The highest BCUT2D eigenvalue weighted by Crippen LogP contribution is 2.46. The van der Waals surface area contributed by atoms with Gasteiger partial charge in [0, 0.05) is 76.0 Å². The van der Waals surface area contributed by atoms with Gasteiger partial charge in [-0.3, -0.25) is 67.1 Å². The van der Waals surface area contributed by atoms with Gasteiger partial charge in [-0.05, 0) is 76.2 Å². The predicted octanol–water partition coefficient (Wildman–Crippen LogP) is 0.554. The number of nitrogens with zero attached hydrogens (tertiary/aromatic N) is 4. The number of methoxy groups -OCH3 is 2. The molecule has 36 nitrogen and oxygen atoms in total. The Labute approximate surface area is 613 Å². The molecule has 8 N–H and O–H groups in total. The van der Waals surface area contributed by atoms with E-state index in [1.807, 2.05) is 0 Å². The smallest absolute Gasteiger partial charge is 0.341 e. The number of benzene rings is 10. The number of carbonyl (C=O) groups excluding carboxylic acids is 4. The number of aryl methyl sites for hydroxylation is 2. The van der Waals surface area contributed by atoms with Crippen molar-refractivity contribution >= 4 is 155 Å². The summed E-state index contributed by atoms with van der Waals surface area (Å²) < 4.78 is 29.4. The minimum Gasteiger partial charge on any atom is -0.506 e. The molecule has 0 bridgehead atoms. The van der Waals surface area contributed by atoms with Crippen LogP contribution in [0.2, 0.25) is 0 Å². The van der Waals surface area contributed by atoms with Gasteiger partial charge in [0.1, 0.15) is 71.8 Å². The number of carboxylic acid groups (broad SMARTS) is 4. The maximum absolute atomic E-state index is 14.7. The lowest BCUT2D eigenvalue weighted by molar-refractivity contribution is -0.278. The number of nitrogens with one attached hydrogen (secondary N) is 2. The van der Waals surface area contributed by atoms with Gasteiger partial charge in [-0.15, -0.1) is 0 Å². The van der Waals surface area contributed by atoms with Crippen LogP contribution in [0.5, 0.6) is 34.5 Å². The third-order valence-corrected chi connectivity index (χ3v) is 19.9. The molecule has 4 unspecified atom stereocenters. The van der Waals surface area contributed by atoms with E-state index in [1.54, 1.807) is 0 Å². The maximum Gasteiger partial charge on any atom is 0.341 e. The van der Waals surface area contributed by atoms with Gasteiger partial charge >= 0.3 is 23.9 Å². The van der Waals surface area contributed by atoms with Crippen molar-refractivity contribution < 1.29 is 97.7 Å². The van der Waals surface area contributed by atoms with E-state index in [9.17, 15) is 112 Å². The van der Waals surface area contributed by atoms with Crippen molar-refractivity contribution in [2.75, 3.05) is 47.3 Å². The highest BCUT2D eigenvalue weighted by molar-refractivity contribution is 6.25. The number of phenolic OH excluding ortho intramolecular Hbond substituents is 1. The van der Waals surface area contributed by atoms with Gasteiger partial charge in [-0.1, -0.05) is 24.3 Å². The van der Waals surface area contributed by atoms with Gasteiger partial charge in [0.15, 0.2) is 34.9 Å². The molecule has 0 saturated carbocycles. The van der Waals surface area contributed by atoms with Crippen LogP contribution < -0.4 is 88.9 Å². The number of aromatic hydroxyl groups is 1. The maximum atomic E-state index is 14.7. The molecule has 0 radical (unpaired) electrons. The number of ether oxygens (including phenoxy) is 5. The first kappa shape index (κ1) is 74.8. The van der Waals surface area contributed by atoms with Gasteiger partial charge in [-0.2, -0.15) is 4.89 Å². The average Bonchev–Trinajstić information content (AvgIpc) is 0.703. The van der Waals surface area contributed by atoms with E-state index in [2.05, 4.69) is 15.5 Å². The van der Waals surface area contributed by atoms with Crippen LogP contribution in [0.15, 0.2) is 121 Å². The summed E-state index contributed by atoms with van der Waals surface area (Å²) in [5.74, 6) is -10.9. The van der Waals surface area contributed by atoms with E-state index in [0.717, 1.165) is 33.2 Å². The highest BCUT2D eigenvalue weighted by Gasteiger charge is 2.40. The van der Waals surface area contributed by atoms with Gasteiger partial charge in [0.2, 0.25) is 52.1 Å². The van der Waals surface area contributed by atoms with Crippen LogP contribution >= 0.6 is 0 Å². The number of carbonyl (C=O) groups is 8. The molecule has 2 saturated heterocycles. The second-order valence-corrected chi connectivity index (χ2v) is 26.0. The zero-order valence-electron chi connectivity index (χ0n) is 58.5. The molecule has 2 aromatic heterocycles. The lowest BCUT2D eigenvalue weighted by Crippen LogP contribution is -2.63. The molecule has 2 aliphatic heterocycles. The number of hydrogen-bond donors (Lipinski definition) is 8. The first-order valence-corrected chi connectivity index (χ1v) is 33.2. The number of piperazine rings is 2. The summed E-state index contributed by atoms with van der Waals surface area (Å²) in [6.07, 6.45) is 0. The Bertz CT molecular complexity index is 6910. The topological polar surface area (TPSA) is 524 Å². The van der Waals surface area contributed by atoms with Gasteiger partial charge in [0.25, 0.3) is 11.1 Å². The van der Waals surface area contributed by atoms with Crippen LogP contribution in [0.1, 0.15) is 25.2 Å². The minimum atomic E-state index is -1.42. The monoisotopic (exact) mass is 1520 g/mol. The molecule has 4 amide bonds. The van der Waals surface area contributed by atoms with Crippen LogP contribution in [-0.4, -0.2) is 169 Å². The second kappa shape index (κ2) is 28.1. The number of fused-ring (bicyclic) bond motifs is 12. The third kappa shape index (κ3) is 11.9. The molecule has 0 spiro atoms. The number of aromatic nitrogens is 2. The summed E-state index contributed by atoms with van der Waals surface area (Å²) in [4.78, 5) is 246. The minimum absolute atomic E-state index is 0.0611. The summed E-state index contributed by atoms with van der Waals surface area (Å²) in [5, 5.41) is 55.9. The predicted molar refractivity (Wildman–Crippen MR) is 393 cm³/mol. The first-order chi connectivity index (χ1) is 52.7. The number of hydrogen-bond acceptors (Lipinski definition) is 26. The lowest BCUT2D eigenvalue weighted by Gasteiger charge is -2.36. The van der Waals surface area contributed by atoms with Crippen LogP contribution in [0.4, 0.5) is 0 Å². The Morgan fingerprint density at radius 2 is 0.793 bits per heavy atom. The molecule has 4 heterocycles. The Balaban J connectivity index is 0.000000195. The summed E-state index contributed by atoms with van der Waals surface area (Å²) in [5.41, 5.74) is -9.20. The fourth-order valence-electron chi connectivity index (χ4n) is 14.7. The van der Waals surface area contributed by atoms with Crippen molar-refractivity contribution in [2.45, 2.75) is 65.0 Å². The summed E-state index contributed by atoms with van der Waals surface area (Å²) in [7, 11) is 2.33. The molecule has 0 aliphatic carbocycles. The Kier molecular flexibility index (Phi) is 18.9. The molecular formula is C75H56N6O30. The average molecular weight is 1520 g/mol. The van der Waals surface area contributed by atoms with Crippen LogP contribution in [0, 0.1) is 13.8 Å². The van der Waals surface area contributed by atoms with E-state index in [-0.39, 0.29) is 104 Å². The van der Waals surface area contributed by atoms with Crippen molar-refractivity contribution in [3.63, 3.8) is 0 Å². The zero-order chi connectivity index (χ0) is 80.3. The molecule has 2 aliphatic rings. The van der Waals surface area contributed by atoms with Gasteiger partial charge in [-0.25, -0.2) is 24.4 Å². The third-order valence-electron chi connectivity index (χ3n) is 19.9. The fraction of sp³-hybridized carbons (Fsp3) is 0.227. The van der Waals surface area contributed by atoms with Crippen molar-refractivity contribution in [3.05, 3.63) is 187 Å². The SMILES string of the molecule is COc1c2ccc3c(=O)c4cc(C)n(CC(=O)N5CC(C(=O)O)NC(=O)C5C)c(=O)c4c(=O)c3c2c(O)c2c(=O)c3cccc(OCC(=O)O)c3c(=O)c12.COc1c2ccc3c(=O)c4cc(C)n(CC(=O)N5CC(C(=O)O)NC(=O)C5C)c(=O)c4c(=O)c3c2c(OCOO)c2c(=O)c3cccc(OCC(=O)O)c3c(=O)c12. The van der Waals surface area contributed by atoms with Crippen molar-refractivity contribution in [3.8, 4) is 34.5 Å². The number of rotatable bonds is 17. The van der Waals surface area contributed by atoms with Gasteiger partial charge < -0.3 is 78.8 Å². The van der Waals surface area contributed by atoms with Crippen LogP contribution in [0.3, 0.4) is 0 Å². The largest absolute Gasteiger partial charge is 0.506 e. The van der Waals surface area contributed by atoms with E-state index in [4.69, 9.17) is 28.8 Å². The molecule has 4 atom stereocenters. The normalized spacial score (nSPS) is 15.8. The van der Waals surface area contributed by atoms with E-state index >= 15 is 0 Å². The Morgan fingerprint density at radius 1 is 0.423 bits per heavy atom. The van der Waals surface area contributed by atoms with E-state index in [0.29, 0.717) is 0 Å². The quantitative estimate of drug-likeness (QED) is 0.0203. The van der Waals surface area contributed by atoms with Crippen molar-refractivity contribution in [1.29, 1.82) is 0 Å². The first-order valence-electron chi connectivity index (χ1n) is 33.2. The van der Waals surface area contributed by atoms with Crippen LogP contribution in [0.25, 0.3) is 108 Å². The standard InChI is InChI=1S/C38H29N3O16.C37H27N3O14/c1-14-9-19-27(37(50)40(14)11-22(42)41-10-20(38(51)52)39-36(49)15(41)2)33(48)25-17(30(19)45)7-8-18-26(25)35(56-13-57-53)28-29(34(18)54-3)32(47)24-16(31(28)46)5-4-6-21(24)55-12-23(43)44;1-13-9-18-26(36(50)39(13)11-21(41)40-10-19(37(51)52)38-35(49)14(40)2)32(47)24-16(29(18)44)7-8-17-25(24)33(48)27-28(34(17)53-3)31(46)23-15(30(27)45)5-4-6-20(23)54-12-22(42)43/h4-9,15,20,53H,10-13H2,1-3H3,(H,39,49)(H,43,44)(H,51,52);4-9,14,19,48H,10-12H2,1-3H3,(H,38,49)(H,42,43)(H,51,52). The van der Waals surface area contributed by atoms with E-state index in [1.165, 1.54) is 100 Å². The van der Waals surface area contributed by atoms with Crippen molar-refractivity contribution in [2.24, 2.45) is 0 Å². The highest BCUT2D eigenvalue weighted by atomic mass is 17.1. The zero-order valence-corrected chi connectivity index (χ0v) is 58.5. The second-order valence-electron chi connectivity index (χ2n) is 26.0. The molecule has 36 heteroatoms. The number of pyridine rings is 2. The number of amides is 4. The number of phenols is 1. The Morgan fingerprint density at radius 3 is 1.20 bits per heavy atom. The summed E-state index contributed by atoms with van der Waals surface area (Å²) in [6.45, 7) is 0.644. The molecule has 14 rings (SSSR count). The molecule has 111 heavy (non-hydrogen) atoms. The van der Waals surface area contributed by atoms with Crippen LogP contribution in [-0.2, 0) is 56.3 Å². The molecule has 10 aromatic carbocycles.